The summed E-state index contributed by atoms with van der Waals surface area (Å²) in [6.07, 6.45) is 3.36. The van der Waals surface area contributed by atoms with E-state index in [1.165, 1.54) is 12.1 Å². The Kier molecular flexibility index (Phi) is 4.76. The summed E-state index contributed by atoms with van der Waals surface area (Å²) in [7, 11) is 0. The van der Waals surface area contributed by atoms with Gasteiger partial charge in [-0.25, -0.2) is 14.4 Å². The Labute approximate surface area is 161 Å². The van der Waals surface area contributed by atoms with E-state index in [1.54, 1.807) is 12.3 Å². The van der Waals surface area contributed by atoms with Crippen molar-refractivity contribution >= 4 is 28.4 Å². The highest BCUT2D eigenvalue weighted by atomic mass is 19.1. The Morgan fingerprint density at radius 2 is 1.89 bits per heavy atom. The van der Waals surface area contributed by atoms with Gasteiger partial charge in [-0.1, -0.05) is 12.1 Å². The number of rotatable bonds is 6. The summed E-state index contributed by atoms with van der Waals surface area (Å²) in [5.74, 6) is 0.433. The van der Waals surface area contributed by atoms with Gasteiger partial charge in [-0.2, -0.15) is 5.10 Å². The van der Waals surface area contributed by atoms with Crippen molar-refractivity contribution < 1.29 is 4.39 Å². The second-order valence-electron chi connectivity index (χ2n) is 6.51. The normalized spacial score (nSPS) is 11.0. The van der Waals surface area contributed by atoms with Gasteiger partial charge in [-0.05, 0) is 48.7 Å². The highest BCUT2D eigenvalue weighted by Crippen LogP contribution is 2.32. The van der Waals surface area contributed by atoms with Gasteiger partial charge in [0.05, 0.1) is 16.6 Å². The summed E-state index contributed by atoms with van der Waals surface area (Å²) in [6, 6.07) is 12.3. The fourth-order valence-electron chi connectivity index (χ4n) is 3.17. The number of aromatic nitrogens is 4. The molecule has 0 saturated heterocycles. The number of aryl methyl sites for hydroxylation is 1. The second kappa shape index (κ2) is 7.51. The molecule has 7 nitrogen and oxygen atoms in total. The lowest BCUT2D eigenvalue weighted by Crippen LogP contribution is -2.04. The molecule has 0 saturated carbocycles. The number of nitrogens with two attached hydrogens (primary N) is 2. The van der Waals surface area contributed by atoms with E-state index in [9.17, 15) is 4.39 Å². The molecule has 6 N–H and O–H groups in total. The fourth-order valence-corrected chi connectivity index (χ4v) is 3.17. The molecule has 28 heavy (non-hydrogen) atoms. The Morgan fingerprint density at radius 3 is 2.68 bits per heavy atom. The maximum atomic E-state index is 13.0. The minimum absolute atomic E-state index is 0.218. The van der Waals surface area contributed by atoms with Crippen molar-refractivity contribution in [3.63, 3.8) is 0 Å². The second-order valence-corrected chi connectivity index (χ2v) is 6.51. The van der Waals surface area contributed by atoms with E-state index in [1.807, 2.05) is 24.3 Å². The van der Waals surface area contributed by atoms with Crippen LogP contribution in [0, 0.1) is 5.82 Å². The lowest BCUT2D eigenvalue weighted by Gasteiger charge is -2.11. The van der Waals surface area contributed by atoms with Crippen molar-refractivity contribution in [1.82, 2.24) is 20.2 Å². The van der Waals surface area contributed by atoms with Gasteiger partial charge in [-0.15, -0.1) is 0 Å². The molecule has 0 bridgehead atoms. The number of halogens is 1. The molecular formula is C20H20FN7. The van der Waals surface area contributed by atoms with Gasteiger partial charge >= 0.3 is 0 Å². The van der Waals surface area contributed by atoms with Crippen molar-refractivity contribution in [1.29, 1.82) is 0 Å². The van der Waals surface area contributed by atoms with Crippen LogP contribution < -0.4 is 16.8 Å². The number of hydrogen-bond donors (Lipinski definition) is 4. The van der Waals surface area contributed by atoms with Crippen molar-refractivity contribution in [3.8, 4) is 11.3 Å². The van der Waals surface area contributed by atoms with E-state index in [-0.39, 0.29) is 11.8 Å². The van der Waals surface area contributed by atoms with Crippen LogP contribution in [-0.2, 0) is 6.42 Å². The molecule has 4 aromatic rings. The lowest BCUT2D eigenvalue weighted by atomic mass is 10.1. The first-order chi connectivity index (χ1) is 13.6. The Bertz CT molecular complexity index is 1110. The summed E-state index contributed by atoms with van der Waals surface area (Å²) in [4.78, 5) is 8.22. The van der Waals surface area contributed by atoms with Crippen LogP contribution in [0.3, 0.4) is 0 Å². The molecule has 0 fully saturated rings. The van der Waals surface area contributed by atoms with Gasteiger partial charge < -0.3 is 16.8 Å². The van der Waals surface area contributed by atoms with Crippen molar-refractivity contribution in [3.05, 3.63) is 60.0 Å². The third kappa shape index (κ3) is 3.71. The molecule has 0 aliphatic heterocycles. The van der Waals surface area contributed by atoms with Crippen LogP contribution in [0.1, 0.15) is 12.0 Å². The van der Waals surface area contributed by atoms with Gasteiger partial charge in [0.2, 0.25) is 5.95 Å². The Balaban J connectivity index is 1.55. The molecule has 2 aromatic heterocycles. The molecule has 142 valence electrons. The largest absolute Gasteiger partial charge is 0.384 e. The summed E-state index contributed by atoms with van der Waals surface area (Å²) < 4.78 is 13.0. The smallest absolute Gasteiger partial charge is 0.220 e. The molecular weight excluding hydrogens is 357 g/mol. The molecule has 4 rings (SSSR count). The first-order valence-electron chi connectivity index (χ1n) is 8.95. The topological polar surface area (TPSA) is 119 Å². The number of anilines is 3. The molecule has 0 amide bonds. The summed E-state index contributed by atoms with van der Waals surface area (Å²) in [6.45, 7) is 0.729. The molecule has 2 heterocycles. The third-order valence-corrected chi connectivity index (χ3v) is 4.53. The first kappa shape index (κ1) is 17.7. The minimum Gasteiger partial charge on any atom is -0.384 e. The van der Waals surface area contributed by atoms with Crippen LogP contribution in [0.5, 0.6) is 0 Å². The number of fused-ring (bicyclic) bond motifs is 1. The summed E-state index contributed by atoms with van der Waals surface area (Å²) in [5, 5.41) is 11.3. The van der Waals surface area contributed by atoms with Crippen LogP contribution in [0.4, 0.5) is 21.8 Å². The van der Waals surface area contributed by atoms with Crippen LogP contribution in [0.15, 0.2) is 48.7 Å². The maximum absolute atomic E-state index is 13.0. The zero-order valence-electron chi connectivity index (χ0n) is 15.1. The number of aromatic amines is 1. The average molecular weight is 377 g/mol. The van der Waals surface area contributed by atoms with Gasteiger partial charge in [0, 0.05) is 24.0 Å². The number of nitrogens with one attached hydrogen (secondary N) is 2. The highest BCUT2D eigenvalue weighted by molar-refractivity contribution is 6.02. The average Bonchev–Trinajstić information content (AvgIpc) is 3.07. The van der Waals surface area contributed by atoms with E-state index in [0.717, 1.165) is 52.8 Å². The van der Waals surface area contributed by atoms with Crippen LogP contribution >= 0.6 is 0 Å². The van der Waals surface area contributed by atoms with E-state index < -0.39 is 0 Å². The van der Waals surface area contributed by atoms with Crippen LogP contribution in [-0.4, -0.2) is 26.7 Å². The number of nitrogens with zero attached hydrogens (tertiary/aromatic N) is 3. The highest BCUT2D eigenvalue weighted by Gasteiger charge is 2.12. The molecule has 0 radical (unpaired) electrons. The minimum atomic E-state index is -0.220. The lowest BCUT2D eigenvalue weighted by molar-refractivity contribution is 0.626. The van der Waals surface area contributed by atoms with Crippen molar-refractivity contribution in [2.24, 2.45) is 0 Å². The summed E-state index contributed by atoms with van der Waals surface area (Å²) >= 11 is 0. The zero-order chi connectivity index (χ0) is 19.5. The van der Waals surface area contributed by atoms with Gasteiger partial charge in [0.15, 0.2) is 5.82 Å². The predicted molar refractivity (Wildman–Crippen MR) is 109 cm³/mol. The van der Waals surface area contributed by atoms with Gasteiger partial charge in [-0.3, -0.25) is 5.10 Å². The molecule has 8 heteroatoms. The van der Waals surface area contributed by atoms with Crippen molar-refractivity contribution in [2.75, 3.05) is 23.3 Å². The molecule has 0 atom stereocenters. The van der Waals surface area contributed by atoms with Gasteiger partial charge in [0.25, 0.3) is 0 Å². The van der Waals surface area contributed by atoms with Crippen LogP contribution in [0.25, 0.3) is 22.2 Å². The van der Waals surface area contributed by atoms with E-state index >= 15 is 0 Å². The zero-order valence-corrected chi connectivity index (χ0v) is 15.1. The maximum Gasteiger partial charge on any atom is 0.220 e. The van der Waals surface area contributed by atoms with Gasteiger partial charge in [0.1, 0.15) is 5.82 Å². The Morgan fingerprint density at radius 1 is 1.07 bits per heavy atom. The molecule has 0 unspecified atom stereocenters. The first-order valence-corrected chi connectivity index (χ1v) is 8.95. The summed E-state index contributed by atoms with van der Waals surface area (Å²) in [5.41, 5.74) is 16.1. The molecule has 0 spiro atoms. The van der Waals surface area contributed by atoms with E-state index in [0.29, 0.717) is 5.82 Å². The number of H-pyrrole nitrogens is 1. The van der Waals surface area contributed by atoms with Crippen molar-refractivity contribution in [2.45, 2.75) is 12.8 Å². The molecule has 0 aliphatic rings. The predicted octanol–water partition coefficient (Wildman–Crippen LogP) is 3.37. The number of hydrogen-bond acceptors (Lipinski definition) is 6. The molecule has 2 aromatic carbocycles. The van der Waals surface area contributed by atoms with Crippen LogP contribution in [0.2, 0.25) is 0 Å². The monoisotopic (exact) mass is 377 g/mol. The SMILES string of the molecule is Nc1nccc(-c2cc(NCCCc3ccc(F)cc3)c3c(N)n[nH]c3c2)n1. The standard InChI is InChI=1S/C20H20FN7/c21-14-5-3-12(4-6-14)2-1-8-24-16-10-13(15-7-9-25-20(23)26-15)11-17-18(16)19(22)28-27-17/h3-7,9-11,24H,1-2,8H2,(H3,22,27,28)(H2,23,25,26). The Hall–Kier alpha value is -3.68. The quantitative estimate of drug-likeness (QED) is 0.383. The fraction of sp³-hybridized carbons (Fsp3) is 0.150. The molecule has 0 aliphatic carbocycles. The number of nitrogen functional groups attached to an aromatic ring is 2. The third-order valence-electron chi connectivity index (χ3n) is 4.53. The number of benzene rings is 2. The van der Waals surface area contributed by atoms with E-state index in [4.69, 9.17) is 11.5 Å². The van der Waals surface area contributed by atoms with E-state index in [2.05, 4.69) is 25.5 Å².